The Bertz CT molecular complexity index is 826. The lowest BCUT2D eigenvalue weighted by Crippen LogP contribution is -2.49. The van der Waals surface area contributed by atoms with Crippen molar-refractivity contribution in [2.24, 2.45) is 0 Å². The normalized spacial score (nSPS) is 15.3. The Morgan fingerprint density at radius 1 is 1.36 bits per heavy atom. The molecule has 132 valence electrons. The molecule has 1 aliphatic heterocycles. The Hall–Kier alpha value is -2.47. The van der Waals surface area contributed by atoms with E-state index in [1.54, 1.807) is 12.1 Å². The highest BCUT2D eigenvalue weighted by Gasteiger charge is 2.32. The fourth-order valence-electron chi connectivity index (χ4n) is 2.84. The number of fused-ring (bicyclic) bond motifs is 1. The van der Waals surface area contributed by atoms with E-state index in [-0.39, 0.29) is 17.5 Å². The van der Waals surface area contributed by atoms with Gasteiger partial charge >= 0.3 is 0 Å². The van der Waals surface area contributed by atoms with Gasteiger partial charge in [0.25, 0.3) is 0 Å². The summed E-state index contributed by atoms with van der Waals surface area (Å²) in [6.07, 6.45) is 0. The molecule has 2 aromatic carbocycles. The van der Waals surface area contributed by atoms with Crippen LogP contribution in [0.3, 0.4) is 0 Å². The number of carbonyl (C=O) groups is 1. The lowest BCUT2D eigenvalue weighted by Gasteiger charge is -2.40. The molecule has 2 aromatic rings. The molecule has 7 heteroatoms. The number of carbonyl (C=O) groups excluding carboxylic acids is 1. The Balaban J connectivity index is 1.77. The minimum absolute atomic E-state index is 0.0360. The lowest BCUT2D eigenvalue weighted by molar-refractivity contribution is -0.115. The zero-order valence-electron chi connectivity index (χ0n) is 14.0. The first-order chi connectivity index (χ1) is 11.7. The second-order valence-electron chi connectivity index (χ2n) is 6.62. The summed E-state index contributed by atoms with van der Waals surface area (Å²) in [5, 5.41) is 2.69. The molecular weight excluding hydrogens is 345 g/mol. The predicted molar refractivity (Wildman–Crippen MR) is 97.8 cm³/mol. The Labute approximate surface area is 150 Å². The molecule has 25 heavy (non-hydrogen) atoms. The van der Waals surface area contributed by atoms with Gasteiger partial charge in [0.2, 0.25) is 5.91 Å². The fraction of sp³-hybridized carbons (Fsp3) is 0.278. The molecule has 0 saturated carbocycles. The monoisotopic (exact) mass is 363 g/mol. The third-order valence-electron chi connectivity index (χ3n) is 3.82. The number of rotatable bonds is 3. The van der Waals surface area contributed by atoms with Gasteiger partial charge in [-0.15, -0.1) is 0 Å². The quantitative estimate of drug-likeness (QED) is 0.816. The van der Waals surface area contributed by atoms with Crippen molar-refractivity contribution >= 4 is 34.6 Å². The number of nitrogens with one attached hydrogen (secondary N) is 1. The molecule has 0 spiro atoms. The van der Waals surface area contributed by atoms with E-state index in [0.717, 1.165) is 5.69 Å². The van der Waals surface area contributed by atoms with Crippen LogP contribution in [0.25, 0.3) is 0 Å². The van der Waals surface area contributed by atoms with Gasteiger partial charge in [0.05, 0.1) is 23.8 Å². The van der Waals surface area contributed by atoms with Gasteiger partial charge in [0.1, 0.15) is 17.2 Å². The van der Waals surface area contributed by atoms with E-state index in [1.165, 1.54) is 18.2 Å². The first-order valence-corrected chi connectivity index (χ1v) is 8.20. The van der Waals surface area contributed by atoms with E-state index in [9.17, 15) is 9.18 Å². The SMILES string of the molecule is CC1(C)CN(CC(=O)Nc2ccc(F)c(Cl)c2)c2ccc(N)cc2O1. The van der Waals surface area contributed by atoms with Crippen molar-refractivity contribution in [3.8, 4) is 5.75 Å². The van der Waals surface area contributed by atoms with Crippen molar-refractivity contribution in [2.75, 3.05) is 29.0 Å². The number of ether oxygens (including phenoxy) is 1. The number of amides is 1. The third kappa shape index (κ3) is 3.96. The smallest absolute Gasteiger partial charge is 0.243 e. The van der Waals surface area contributed by atoms with Crippen molar-refractivity contribution in [2.45, 2.75) is 19.4 Å². The van der Waals surface area contributed by atoms with Crippen LogP contribution in [0.4, 0.5) is 21.5 Å². The Morgan fingerprint density at radius 2 is 2.12 bits per heavy atom. The van der Waals surface area contributed by atoms with Crippen molar-refractivity contribution in [1.82, 2.24) is 0 Å². The van der Waals surface area contributed by atoms with Crippen molar-refractivity contribution in [1.29, 1.82) is 0 Å². The number of nitrogens with two attached hydrogens (primary N) is 1. The van der Waals surface area contributed by atoms with Gasteiger partial charge in [-0.25, -0.2) is 4.39 Å². The standard InChI is InChI=1S/C18H19ClFN3O2/c1-18(2)10-23(15-6-3-11(21)7-16(15)25-18)9-17(24)22-12-4-5-14(20)13(19)8-12/h3-8H,9-10,21H2,1-2H3,(H,22,24). The van der Waals surface area contributed by atoms with E-state index < -0.39 is 11.4 Å². The highest BCUT2D eigenvalue weighted by atomic mass is 35.5. The molecule has 0 bridgehead atoms. The summed E-state index contributed by atoms with van der Waals surface area (Å²) < 4.78 is 19.2. The average molecular weight is 364 g/mol. The van der Waals surface area contributed by atoms with Gasteiger partial charge in [-0.3, -0.25) is 4.79 Å². The number of hydrogen-bond donors (Lipinski definition) is 2. The number of nitrogens with zero attached hydrogens (tertiary/aromatic N) is 1. The molecule has 0 aromatic heterocycles. The fourth-order valence-corrected chi connectivity index (χ4v) is 3.02. The number of benzene rings is 2. The van der Waals surface area contributed by atoms with Gasteiger partial charge in [0, 0.05) is 17.4 Å². The summed E-state index contributed by atoms with van der Waals surface area (Å²) in [5.41, 5.74) is 7.22. The van der Waals surface area contributed by atoms with Gasteiger partial charge < -0.3 is 20.7 Å². The van der Waals surface area contributed by atoms with Crippen LogP contribution in [-0.2, 0) is 4.79 Å². The molecule has 0 radical (unpaired) electrons. The van der Waals surface area contributed by atoms with Crippen molar-refractivity contribution in [3.05, 3.63) is 47.2 Å². The van der Waals surface area contributed by atoms with Crippen LogP contribution in [0.2, 0.25) is 5.02 Å². The lowest BCUT2D eigenvalue weighted by atomic mass is 10.0. The number of anilines is 3. The second-order valence-corrected chi connectivity index (χ2v) is 7.03. The minimum atomic E-state index is -0.527. The van der Waals surface area contributed by atoms with Crippen LogP contribution in [-0.4, -0.2) is 24.6 Å². The largest absolute Gasteiger partial charge is 0.484 e. The molecule has 3 N–H and O–H groups in total. The first-order valence-electron chi connectivity index (χ1n) is 7.82. The summed E-state index contributed by atoms with van der Waals surface area (Å²) in [6, 6.07) is 9.42. The van der Waals surface area contributed by atoms with Crippen LogP contribution in [0.5, 0.6) is 5.75 Å². The first kappa shape index (κ1) is 17.4. The zero-order chi connectivity index (χ0) is 18.2. The molecule has 3 rings (SSSR count). The highest BCUT2D eigenvalue weighted by molar-refractivity contribution is 6.31. The van der Waals surface area contributed by atoms with E-state index in [2.05, 4.69) is 5.32 Å². The maximum absolute atomic E-state index is 13.2. The molecule has 0 aliphatic carbocycles. The molecule has 0 unspecified atom stereocenters. The van der Waals surface area contributed by atoms with Gasteiger partial charge in [-0.2, -0.15) is 0 Å². The van der Waals surface area contributed by atoms with Crippen LogP contribution in [0.15, 0.2) is 36.4 Å². The van der Waals surface area contributed by atoms with Gasteiger partial charge in [0.15, 0.2) is 0 Å². The van der Waals surface area contributed by atoms with Crippen molar-refractivity contribution < 1.29 is 13.9 Å². The van der Waals surface area contributed by atoms with Gasteiger partial charge in [-0.1, -0.05) is 11.6 Å². The van der Waals surface area contributed by atoms with Crippen LogP contribution in [0.1, 0.15) is 13.8 Å². The topological polar surface area (TPSA) is 67.6 Å². The third-order valence-corrected chi connectivity index (χ3v) is 4.11. The summed E-state index contributed by atoms with van der Waals surface area (Å²) in [7, 11) is 0. The maximum Gasteiger partial charge on any atom is 0.243 e. The van der Waals surface area contributed by atoms with E-state index in [1.807, 2.05) is 24.8 Å². The summed E-state index contributed by atoms with van der Waals surface area (Å²) >= 11 is 5.74. The van der Waals surface area contributed by atoms with E-state index >= 15 is 0 Å². The molecule has 5 nitrogen and oxygen atoms in total. The zero-order valence-corrected chi connectivity index (χ0v) is 14.7. The van der Waals surface area contributed by atoms with E-state index in [4.69, 9.17) is 22.1 Å². The average Bonchev–Trinajstić information content (AvgIpc) is 2.49. The van der Waals surface area contributed by atoms with Crippen LogP contribution in [0, 0.1) is 5.82 Å². The molecule has 1 amide bonds. The number of hydrogen-bond acceptors (Lipinski definition) is 4. The molecule has 0 saturated heterocycles. The molecule has 0 atom stereocenters. The van der Waals surface area contributed by atoms with Crippen molar-refractivity contribution in [3.63, 3.8) is 0 Å². The minimum Gasteiger partial charge on any atom is -0.484 e. The predicted octanol–water partition coefficient (Wildman–Crippen LogP) is 3.68. The van der Waals surface area contributed by atoms with E-state index in [0.29, 0.717) is 23.7 Å². The van der Waals surface area contributed by atoms with Crippen LogP contribution < -0.4 is 20.7 Å². The van der Waals surface area contributed by atoms with Gasteiger partial charge in [-0.05, 0) is 44.2 Å². The Morgan fingerprint density at radius 3 is 2.84 bits per heavy atom. The molecule has 0 fully saturated rings. The summed E-state index contributed by atoms with van der Waals surface area (Å²) in [4.78, 5) is 14.3. The molecule has 1 aliphatic rings. The highest BCUT2D eigenvalue weighted by Crippen LogP contribution is 2.38. The molecule has 1 heterocycles. The number of halogens is 2. The molecular formula is C18H19ClFN3O2. The maximum atomic E-state index is 13.2. The second kappa shape index (κ2) is 6.44. The summed E-state index contributed by atoms with van der Waals surface area (Å²) in [6.45, 7) is 4.56. The number of nitrogen functional groups attached to an aromatic ring is 1. The Kier molecular flexibility index (Phi) is 4.47. The van der Waals surface area contributed by atoms with Crippen LogP contribution >= 0.6 is 11.6 Å². The summed E-state index contributed by atoms with van der Waals surface area (Å²) in [5.74, 6) is -0.113.